The Hall–Kier alpha value is -3.23. The zero-order valence-corrected chi connectivity index (χ0v) is 19.0. The zero-order valence-electron chi connectivity index (χ0n) is 19.0. The molecule has 9 heteroatoms. The number of halogens is 3. The molecule has 0 heterocycles. The minimum Gasteiger partial charge on any atom is -0.506 e. The van der Waals surface area contributed by atoms with Gasteiger partial charge in [0.1, 0.15) is 29.3 Å². The van der Waals surface area contributed by atoms with Gasteiger partial charge in [-0.25, -0.2) is 4.79 Å². The van der Waals surface area contributed by atoms with Crippen molar-refractivity contribution in [3.05, 3.63) is 58.7 Å². The number of rotatable bonds is 9. The Kier molecular flexibility index (Phi) is 8.00. The molecule has 0 aliphatic rings. The van der Waals surface area contributed by atoms with Crippen molar-refractivity contribution < 1.29 is 37.3 Å². The molecule has 180 valence electrons. The Labute approximate surface area is 190 Å². The van der Waals surface area contributed by atoms with Crippen molar-refractivity contribution in [2.75, 3.05) is 0 Å². The molecule has 0 spiro atoms. The van der Waals surface area contributed by atoms with E-state index >= 15 is 0 Å². The monoisotopic (exact) mass is 467 g/mol. The molecule has 0 aliphatic carbocycles. The fourth-order valence-corrected chi connectivity index (χ4v) is 3.21. The van der Waals surface area contributed by atoms with Gasteiger partial charge in [-0.2, -0.15) is 13.2 Å². The number of phenols is 1. The minimum absolute atomic E-state index is 0.170. The fraction of sp³-hybridized carbons (Fsp3) is 0.417. The predicted octanol–water partition coefficient (Wildman–Crippen LogP) is 5.64. The largest absolute Gasteiger partial charge is 0.506 e. The van der Waals surface area contributed by atoms with Crippen LogP contribution in [0.2, 0.25) is 0 Å². The van der Waals surface area contributed by atoms with Crippen molar-refractivity contribution in [2.24, 2.45) is 11.7 Å². The molecule has 33 heavy (non-hydrogen) atoms. The Morgan fingerprint density at radius 2 is 1.61 bits per heavy atom. The van der Waals surface area contributed by atoms with Gasteiger partial charge < -0.3 is 20.3 Å². The third kappa shape index (κ3) is 7.13. The van der Waals surface area contributed by atoms with Crippen LogP contribution >= 0.6 is 0 Å². The molecule has 1 amide bonds. The van der Waals surface area contributed by atoms with Crippen molar-refractivity contribution in [2.45, 2.75) is 58.9 Å². The Morgan fingerprint density at radius 1 is 1.03 bits per heavy atom. The van der Waals surface area contributed by atoms with Crippen LogP contribution in [0.25, 0.3) is 0 Å². The molecule has 3 N–H and O–H groups in total. The number of ketones is 1. The molecule has 2 aromatic rings. The summed E-state index contributed by atoms with van der Waals surface area (Å²) in [6.07, 6.45) is -4.63. The molecular formula is C24H28F3NO5. The van der Waals surface area contributed by atoms with Gasteiger partial charge in [-0.1, -0.05) is 38.1 Å². The summed E-state index contributed by atoms with van der Waals surface area (Å²) in [5.74, 6) is -2.86. The number of phenolic OH excluding ortho intramolecular Hbond substituents is 1. The second-order valence-corrected chi connectivity index (χ2v) is 8.64. The minimum atomic E-state index is -4.91. The van der Waals surface area contributed by atoms with Gasteiger partial charge in [0.25, 0.3) is 0 Å². The molecule has 0 bridgehead atoms. The van der Waals surface area contributed by atoms with E-state index in [1.54, 1.807) is 38.1 Å². The van der Waals surface area contributed by atoms with Crippen LogP contribution in [0.4, 0.5) is 18.0 Å². The lowest BCUT2D eigenvalue weighted by atomic mass is 9.97. The first-order valence-corrected chi connectivity index (χ1v) is 10.4. The van der Waals surface area contributed by atoms with Gasteiger partial charge in [0.15, 0.2) is 5.78 Å². The Morgan fingerprint density at radius 3 is 2.12 bits per heavy atom. The highest BCUT2D eigenvalue weighted by molar-refractivity contribution is 6.00. The van der Waals surface area contributed by atoms with Crippen molar-refractivity contribution in [1.82, 2.24) is 0 Å². The standard InChI is InChI=1S/C24H28F3NO5/c1-14(2)20(29)17-9-10-18(19(21(17)30)24(25,26)27)32-13-16-7-5-15(6-8-16)11-12-23(3,4)33-22(28)31/h5-10,14,30H,11-13H2,1-4H3,(H2,28,31). The van der Waals surface area contributed by atoms with E-state index in [9.17, 15) is 27.9 Å². The van der Waals surface area contributed by atoms with E-state index in [4.69, 9.17) is 15.2 Å². The molecule has 0 aromatic heterocycles. The van der Waals surface area contributed by atoms with E-state index in [-0.39, 0.29) is 6.61 Å². The summed E-state index contributed by atoms with van der Waals surface area (Å²) >= 11 is 0. The van der Waals surface area contributed by atoms with E-state index in [1.165, 1.54) is 13.8 Å². The average molecular weight is 467 g/mol. The quantitative estimate of drug-likeness (QED) is 0.466. The van der Waals surface area contributed by atoms with E-state index < -0.39 is 52.2 Å². The maximum Gasteiger partial charge on any atom is 0.423 e. The number of aryl methyl sites for hydroxylation is 1. The van der Waals surface area contributed by atoms with Gasteiger partial charge in [0.05, 0.1) is 5.56 Å². The second kappa shape index (κ2) is 10.1. The van der Waals surface area contributed by atoms with Crippen LogP contribution in [0.5, 0.6) is 11.5 Å². The summed E-state index contributed by atoms with van der Waals surface area (Å²) in [6.45, 7) is 6.39. The van der Waals surface area contributed by atoms with Crippen molar-refractivity contribution in [3.63, 3.8) is 0 Å². The number of ether oxygens (including phenoxy) is 2. The molecule has 2 rings (SSSR count). The molecule has 6 nitrogen and oxygen atoms in total. The molecule has 0 unspecified atom stereocenters. The van der Waals surface area contributed by atoms with Crippen molar-refractivity contribution in [3.8, 4) is 11.5 Å². The first-order valence-electron chi connectivity index (χ1n) is 10.4. The number of aromatic hydroxyl groups is 1. The molecule has 0 saturated carbocycles. The van der Waals surface area contributed by atoms with E-state index in [0.717, 1.165) is 17.7 Å². The number of primary amides is 1. The summed E-state index contributed by atoms with van der Waals surface area (Å²) < 4.78 is 51.2. The van der Waals surface area contributed by atoms with Crippen LogP contribution < -0.4 is 10.5 Å². The topological polar surface area (TPSA) is 98.9 Å². The van der Waals surface area contributed by atoms with Gasteiger partial charge in [-0.05, 0) is 49.9 Å². The molecular weight excluding hydrogens is 439 g/mol. The predicted molar refractivity (Wildman–Crippen MR) is 116 cm³/mol. The number of hydrogen-bond acceptors (Lipinski definition) is 5. The first-order chi connectivity index (χ1) is 15.2. The summed E-state index contributed by atoms with van der Waals surface area (Å²) in [5.41, 5.74) is 4.11. The molecule has 0 aliphatic heterocycles. The van der Waals surface area contributed by atoms with Gasteiger partial charge in [-0.15, -0.1) is 0 Å². The fourth-order valence-electron chi connectivity index (χ4n) is 3.21. The van der Waals surface area contributed by atoms with Gasteiger partial charge in [0.2, 0.25) is 0 Å². The number of carbonyl (C=O) groups excluding carboxylic acids is 2. The number of Topliss-reactive ketones (excluding diaryl/α,β-unsaturated/α-hetero) is 1. The van der Waals surface area contributed by atoms with Crippen LogP contribution in [0.15, 0.2) is 36.4 Å². The zero-order chi connectivity index (χ0) is 25.0. The number of amides is 1. The summed E-state index contributed by atoms with van der Waals surface area (Å²) in [6, 6.07) is 9.20. The smallest absolute Gasteiger partial charge is 0.423 e. The highest BCUT2D eigenvalue weighted by atomic mass is 19.4. The van der Waals surface area contributed by atoms with E-state index in [2.05, 4.69) is 0 Å². The Bertz CT molecular complexity index is 998. The van der Waals surface area contributed by atoms with Crippen molar-refractivity contribution >= 4 is 11.9 Å². The summed E-state index contributed by atoms with van der Waals surface area (Å²) in [5, 5.41) is 10.2. The summed E-state index contributed by atoms with van der Waals surface area (Å²) in [7, 11) is 0. The number of alkyl halides is 3. The second-order valence-electron chi connectivity index (χ2n) is 8.64. The lowest BCUT2D eigenvalue weighted by Gasteiger charge is -2.23. The van der Waals surface area contributed by atoms with E-state index in [1.807, 2.05) is 0 Å². The third-order valence-electron chi connectivity index (χ3n) is 5.02. The number of benzene rings is 2. The SMILES string of the molecule is CC(C)C(=O)c1ccc(OCc2ccc(CCC(C)(C)OC(N)=O)cc2)c(C(F)(F)F)c1O. The average Bonchev–Trinajstić information content (AvgIpc) is 2.69. The van der Waals surface area contributed by atoms with Crippen LogP contribution in [-0.2, 0) is 23.9 Å². The number of nitrogens with two attached hydrogens (primary N) is 1. The highest BCUT2D eigenvalue weighted by Crippen LogP contribution is 2.44. The highest BCUT2D eigenvalue weighted by Gasteiger charge is 2.40. The van der Waals surface area contributed by atoms with Crippen molar-refractivity contribution in [1.29, 1.82) is 0 Å². The summed E-state index contributed by atoms with van der Waals surface area (Å²) in [4.78, 5) is 23.1. The van der Waals surface area contributed by atoms with Crippen LogP contribution in [0.3, 0.4) is 0 Å². The van der Waals surface area contributed by atoms with E-state index in [0.29, 0.717) is 18.4 Å². The van der Waals surface area contributed by atoms with Crippen LogP contribution in [0.1, 0.15) is 61.2 Å². The molecule has 0 radical (unpaired) electrons. The Balaban J connectivity index is 2.14. The number of carbonyl (C=O) groups is 2. The molecule has 0 fully saturated rings. The van der Waals surface area contributed by atoms with Crippen LogP contribution in [-0.4, -0.2) is 22.6 Å². The normalized spacial score (nSPS) is 12.0. The third-order valence-corrected chi connectivity index (χ3v) is 5.02. The van der Waals surface area contributed by atoms with Gasteiger partial charge >= 0.3 is 12.3 Å². The van der Waals surface area contributed by atoms with Gasteiger partial charge in [0, 0.05) is 5.92 Å². The lowest BCUT2D eigenvalue weighted by molar-refractivity contribution is -0.140. The maximum atomic E-state index is 13.6. The molecule has 0 saturated heterocycles. The van der Waals surface area contributed by atoms with Gasteiger partial charge in [-0.3, -0.25) is 4.79 Å². The maximum absolute atomic E-state index is 13.6. The molecule has 0 atom stereocenters. The lowest BCUT2D eigenvalue weighted by Crippen LogP contribution is -2.31. The first kappa shape index (κ1) is 26.0. The molecule has 2 aromatic carbocycles. The number of hydrogen-bond donors (Lipinski definition) is 2. The van der Waals surface area contributed by atoms with Crippen LogP contribution in [0, 0.1) is 5.92 Å².